The van der Waals surface area contributed by atoms with Crippen LogP contribution in [0.2, 0.25) is 0 Å². The fourth-order valence-electron chi connectivity index (χ4n) is 4.24. The van der Waals surface area contributed by atoms with Gasteiger partial charge in [0.25, 0.3) is 0 Å². The van der Waals surface area contributed by atoms with Crippen molar-refractivity contribution < 1.29 is 8.78 Å². The van der Waals surface area contributed by atoms with E-state index in [1.807, 2.05) is 0 Å². The van der Waals surface area contributed by atoms with Gasteiger partial charge >= 0.3 is 0 Å². The standard InChI is InChI=1S/C17H22F2/c1-11-5-6-13-10-14(8-7-12(13)9-11)15-3-2-4-16(18)17(15)19/h2-4,11-14H,5-10H2,1H3. The summed E-state index contributed by atoms with van der Waals surface area (Å²) in [6.45, 7) is 2.34. The second-order valence-electron chi connectivity index (χ2n) is 6.59. The van der Waals surface area contributed by atoms with Crippen molar-refractivity contribution in [3.63, 3.8) is 0 Å². The lowest BCUT2D eigenvalue weighted by molar-refractivity contribution is 0.123. The molecule has 2 heteroatoms. The molecule has 0 N–H and O–H groups in total. The van der Waals surface area contributed by atoms with Gasteiger partial charge in [0.15, 0.2) is 11.6 Å². The molecular formula is C17H22F2. The Bertz CT molecular complexity index is 455. The average Bonchev–Trinajstić information content (AvgIpc) is 2.41. The van der Waals surface area contributed by atoms with E-state index in [9.17, 15) is 8.78 Å². The zero-order chi connectivity index (χ0) is 13.4. The number of benzene rings is 1. The highest BCUT2D eigenvalue weighted by Crippen LogP contribution is 2.47. The zero-order valence-corrected chi connectivity index (χ0v) is 11.5. The van der Waals surface area contributed by atoms with Crippen LogP contribution in [0.5, 0.6) is 0 Å². The third kappa shape index (κ3) is 2.54. The largest absolute Gasteiger partial charge is 0.204 e. The van der Waals surface area contributed by atoms with Gasteiger partial charge in [0, 0.05) is 0 Å². The normalized spacial score (nSPS) is 34.9. The Morgan fingerprint density at radius 2 is 1.68 bits per heavy atom. The van der Waals surface area contributed by atoms with Gasteiger partial charge < -0.3 is 0 Å². The second-order valence-corrected chi connectivity index (χ2v) is 6.59. The van der Waals surface area contributed by atoms with Crippen LogP contribution >= 0.6 is 0 Å². The average molecular weight is 264 g/mol. The van der Waals surface area contributed by atoms with Crippen molar-refractivity contribution in [1.29, 1.82) is 0 Å². The first-order chi connectivity index (χ1) is 9.15. The van der Waals surface area contributed by atoms with Gasteiger partial charge in [-0.2, -0.15) is 0 Å². The highest BCUT2D eigenvalue weighted by atomic mass is 19.2. The molecule has 0 aliphatic heterocycles. The van der Waals surface area contributed by atoms with Gasteiger partial charge in [0.05, 0.1) is 0 Å². The van der Waals surface area contributed by atoms with Crippen LogP contribution in [-0.4, -0.2) is 0 Å². The van der Waals surface area contributed by atoms with E-state index in [1.54, 1.807) is 12.1 Å². The quantitative estimate of drug-likeness (QED) is 0.647. The predicted molar refractivity (Wildman–Crippen MR) is 72.9 cm³/mol. The summed E-state index contributed by atoms with van der Waals surface area (Å²) in [5.41, 5.74) is 0.608. The Labute approximate surface area is 114 Å². The number of hydrogen-bond donors (Lipinski definition) is 0. The maximum absolute atomic E-state index is 13.9. The van der Waals surface area contributed by atoms with Crippen LogP contribution in [0.3, 0.4) is 0 Å². The zero-order valence-electron chi connectivity index (χ0n) is 11.5. The summed E-state index contributed by atoms with van der Waals surface area (Å²) < 4.78 is 27.2. The first-order valence-corrected chi connectivity index (χ1v) is 7.59. The molecule has 104 valence electrons. The fraction of sp³-hybridized carbons (Fsp3) is 0.647. The van der Waals surface area contributed by atoms with Gasteiger partial charge in [-0.3, -0.25) is 0 Å². The van der Waals surface area contributed by atoms with E-state index in [1.165, 1.54) is 31.7 Å². The summed E-state index contributed by atoms with van der Waals surface area (Å²) in [5.74, 6) is 1.33. The molecule has 0 nitrogen and oxygen atoms in total. The molecule has 1 aromatic rings. The molecule has 4 unspecified atom stereocenters. The van der Waals surface area contributed by atoms with Gasteiger partial charge in [-0.1, -0.05) is 25.5 Å². The molecule has 1 aromatic carbocycles. The Morgan fingerprint density at radius 3 is 2.53 bits per heavy atom. The number of halogens is 2. The second kappa shape index (κ2) is 5.22. The van der Waals surface area contributed by atoms with E-state index >= 15 is 0 Å². The predicted octanol–water partition coefficient (Wildman–Crippen LogP) is 5.28. The summed E-state index contributed by atoms with van der Waals surface area (Å²) in [6.07, 6.45) is 7.18. The fourth-order valence-corrected chi connectivity index (χ4v) is 4.24. The van der Waals surface area contributed by atoms with Crippen molar-refractivity contribution in [2.45, 2.75) is 51.4 Å². The lowest BCUT2D eigenvalue weighted by Gasteiger charge is -2.41. The molecule has 2 fully saturated rings. The lowest BCUT2D eigenvalue weighted by Crippen LogP contribution is -2.30. The van der Waals surface area contributed by atoms with E-state index in [0.29, 0.717) is 5.56 Å². The van der Waals surface area contributed by atoms with Crippen molar-refractivity contribution in [1.82, 2.24) is 0 Å². The van der Waals surface area contributed by atoms with Crippen molar-refractivity contribution in [2.75, 3.05) is 0 Å². The summed E-state index contributed by atoms with van der Waals surface area (Å²) in [4.78, 5) is 0. The monoisotopic (exact) mass is 264 g/mol. The molecule has 0 spiro atoms. The molecule has 4 atom stereocenters. The first kappa shape index (κ1) is 13.1. The molecule has 2 aliphatic carbocycles. The number of fused-ring (bicyclic) bond motifs is 1. The van der Waals surface area contributed by atoms with Crippen LogP contribution in [-0.2, 0) is 0 Å². The van der Waals surface area contributed by atoms with E-state index in [4.69, 9.17) is 0 Å². The smallest absolute Gasteiger partial charge is 0.162 e. The van der Waals surface area contributed by atoms with E-state index in [0.717, 1.165) is 30.6 Å². The Balaban J connectivity index is 1.76. The van der Waals surface area contributed by atoms with Crippen molar-refractivity contribution in [3.05, 3.63) is 35.4 Å². The molecule has 0 saturated heterocycles. The van der Waals surface area contributed by atoms with Gasteiger partial charge in [0.2, 0.25) is 0 Å². The topological polar surface area (TPSA) is 0 Å². The van der Waals surface area contributed by atoms with Crippen LogP contribution < -0.4 is 0 Å². The maximum atomic E-state index is 13.9. The molecule has 2 aliphatic rings. The number of rotatable bonds is 1. The van der Waals surface area contributed by atoms with Crippen molar-refractivity contribution in [3.8, 4) is 0 Å². The Kier molecular flexibility index (Phi) is 3.60. The Hall–Kier alpha value is -0.920. The third-order valence-corrected chi connectivity index (χ3v) is 5.30. The molecular weight excluding hydrogens is 242 g/mol. The molecule has 0 aromatic heterocycles. The van der Waals surface area contributed by atoms with Gasteiger partial charge in [-0.25, -0.2) is 8.78 Å². The summed E-state index contributed by atoms with van der Waals surface area (Å²) in [6, 6.07) is 4.63. The molecule has 2 saturated carbocycles. The summed E-state index contributed by atoms with van der Waals surface area (Å²) in [7, 11) is 0. The van der Waals surface area contributed by atoms with Crippen LogP contribution in [0, 0.1) is 29.4 Å². The highest BCUT2D eigenvalue weighted by Gasteiger charge is 2.35. The Morgan fingerprint density at radius 1 is 0.947 bits per heavy atom. The molecule has 0 radical (unpaired) electrons. The SMILES string of the molecule is CC1CCC2CC(c3cccc(F)c3F)CCC2C1. The van der Waals surface area contributed by atoms with Crippen molar-refractivity contribution in [2.24, 2.45) is 17.8 Å². The van der Waals surface area contributed by atoms with Gasteiger partial charge in [0.1, 0.15) is 0 Å². The minimum Gasteiger partial charge on any atom is -0.204 e. The van der Waals surface area contributed by atoms with Crippen LogP contribution in [0.4, 0.5) is 8.78 Å². The summed E-state index contributed by atoms with van der Waals surface area (Å²) in [5, 5.41) is 0. The summed E-state index contributed by atoms with van der Waals surface area (Å²) >= 11 is 0. The third-order valence-electron chi connectivity index (χ3n) is 5.30. The van der Waals surface area contributed by atoms with E-state index in [-0.39, 0.29) is 5.92 Å². The van der Waals surface area contributed by atoms with Crippen LogP contribution in [0.15, 0.2) is 18.2 Å². The first-order valence-electron chi connectivity index (χ1n) is 7.59. The minimum atomic E-state index is -0.697. The maximum Gasteiger partial charge on any atom is 0.162 e. The van der Waals surface area contributed by atoms with Gasteiger partial charge in [-0.05, 0) is 67.4 Å². The molecule has 0 bridgehead atoms. The molecule has 0 heterocycles. The van der Waals surface area contributed by atoms with E-state index < -0.39 is 11.6 Å². The van der Waals surface area contributed by atoms with Gasteiger partial charge in [-0.15, -0.1) is 0 Å². The molecule has 19 heavy (non-hydrogen) atoms. The molecule has 3 rings (SSSR count). The highest BCUT2D eigenvalue weighted by molar-refractivity contribution is 5.23. The lowest BCUT2D eigenvalue weighted by atomic mass is 9.64. The van der Waals surface area contributed by atoms with Crippen LogP contribution in [0.25, 0.3) is 0 Å². The minimum absolute atomic E-state index is 0.227. The van der Waals surface area contributed by atoms with E-state index in [2.05, 4.69) is 6.92 Å². The van der Waals surface area contributed by atoms with Crippen molar-refractivity contribution >= 4 is 0 Å². The number of hydrogen-bond acceptors (Lipinski definition) is 0. The molecule has 0 amide bonds. The van der Waals surface area contributed by atoms with Crippen LogP contribution in [0.1, 0.15) is 56.9 Å².